The van der Waals surface area contributed by atoms with Gasteiger partial charge in [0.25, 0.3) is 0 Å². The SMILES string of the molecule is Cc1cc(C)nc(Nc2cncc(C3CCCN3C(=O)CN)n2)n1. The number of hydrogen-bond donors (Lipinski definition) is 2. The van der Waals surface area contributed by atoms with Crippen LogP contribution in [0.3, 0.4) is 0 Å². The number of nitrogens with two attached hydrogens (primary N) is 1. The number of hydrogen-bond acceptors (Lipinski definition) is 7. The Morgan fingerprint density at radius 1 is 1.29 bits per heavy atom. The molecule has 8 heteroatoms. The van der Waals surface area contributed by atoms with Gasteiger partial charge in [0.1, 0.15) is 0 Å². The zero-order chi connectivity index (χ0) is 17.1. The molecule has 0 bridgehead atoms. The highest BCUT2D eigenvalue weighted by Gasteiger charge is 2.30. The van der Waals surface area contributed by atoms with Crippen molar-refractivity contribution >= 4 is 17.7 Å². The van der Waals surface area contributed by atoms with Crippen molar-refractivity contribution in [3.63, 3.8) is 0 Å². The molecule has 1 saturated heterocycles. The molecule has 2 aromatic heterocycles. The summed E-state index contributed by atoms with van der Waals surface area (Å²) in [6.07, 6.45) is 5.12. The molecule has 3 rings (SSSR count). The Kier molecular flexibility index (Phi) is 4.66. The molecule has 3 N–H and O–H groups in total. The van der Waals surface area contributed by atoms with E-state index in [2.05, 4.69) is 25.3 Å². The van der Waals surface area contributed by atoms with Crippen LogP contribution in [0.25, 0.3) is 0 Å². The van der Waals surface area contributed by atoms with Gasteiger partial charge in [-0.2, -0.15) is 0 Å². The summed E-state index contributed by atoms with van der Waals surface area (Å²) in [6.45, 7) is 4.55. The summed E-state index contributed by atoms with van der Waals surface area (Å²) in [4.78, 5) is 31.3. The van der Waals surface area contributed by atoms with Crippen LogP contribution in [-0.2, 0) is 4.79 Å². The van der Waals surface area contributed by atoms with Crippen LogP contribution >= 0.6 is 0 Å². The molecule has 2 aromatic rings. The molecule has 1 aliphatic heterocycles. The van der Waals surface area contributed by atoms with Crippen LogP contribution in [0.1, 0.15) is 36.0 Å². The van der Waals surface area contributed by atoms with Crippen LogP contribution < -0.4 is 11.1 Å². The number of carbonyl (C=O) groups excluding carboxylic acids is 1. The van der Waals surface area contributed by atoms with E-state index in [1.54, 1.807) is 17.3 Å². The zero-order valence-corrected chi connectivity index (χ0v) is 13.9. The number of nitrogens with one attached hydrogen (secondary N) is 1. The second kappa shape index (κ2) is 6.88. The Bertz CT molecular complexity index is 729. The van der Waals surface area contributed by atoms with Crippen LogP contribution in [0, 0.1) is 13.8 Å². The number of nitrogens with zero attached hydrogens (tertiary/aromatic N) is 5. The van der Waals surface area contributed by atoms with Crippen molar-refractivity contribution in [1.29, 1.82) is 0 Å². The molecule has 3 heterocycles. The second-order valence-corrected chi connectivity index (χ2v) is 5.88. The van der Waals surface area contributed by atoms with Gasteiger partial charge in [-0.1, -0.05) is 0 Å². The van der Waals surface area contributed by atoms with Crippen LogP contribution in [0.5, 0.6) is 0 Å². The van der Waals surface area contributed by atoms with E-state index in [0.717, 1.165) is 29.9 Å². The van der Waals surface area contributed by atoms with Gasteiger partial charge in [0.2, 0.25) is 11.9 Å². The van der Waals surface area contributed by atoms with Gasteiger partial charge < -0.3 is 16.0 Å². The number of amides is 1. The lowest BCUT2D eigenvalue weighted by Crippen LogP contribution is -2.35. The Balaban J connectivity index is 1.82. The Labute approximate surface area is 140 Å². The molecule has 1 amide bonds. The van der Waals surface area contributed by atoms with E-state index in [0.29, 0.717) is 18.3 Å². The number of rotatable bonds is 4. The molecular formula is C16H21N7O. The molecular weight excluding hydrogens is 306 g/mol. The smallest absolute Gasteiger partial charge is 0.236 e. The fraction of sp³-hybridized carbons (Fsp3) is 0.438. The molecule has 0 aromatic carbocycles. The first kappa shape index (κ1) is 16.3. The summed E-state index contributed by atoms with van der Waals surface area (Å²) in [7, 11) is 0. The third-order valence-electron chi connectivity index (χ3n) is 3.96. The van der Waals surface area contributed by atoms with Crippen LogP contribution in [0.15, 0.2) is 18.5 Å². The van der Waals surface area contributed by atoms with Gasteiger partial charge in [-0.05, 0) is 32.8 Å². The average molecular weight is 327 g/mol. The first-order valence-electron chi connectivity index (χ1n) is 7.97. The number of likely N-dealkylation sites (tertiary alicyclic amines) is 1. The van der Waals surface area contributed by atoms with Crippen molar-refractivity contribution < 1.29 is 4.79 Å². The minimum absolute atomic E-state index is 0.0122. The van der Waals surface area contributed by atoms with Gasteiger partial charge in [0.05, 0.1) is 30.7 Å². The quantitative estimate of drug-likeness (QED) is 0.869. The Morgan fingerprint density at radius 2 is 2.04 bits per heavy atom. The first-order valence-corrected chi connectivity index (χ1v) is 7.97. The molecule has 0 radical (unpaired) electrons. The highest BCUT2D eigenvalue weighted by atomic mass is 16.2. The molecule has 8 nitrogen and oxygen atoms in total. The van der Waals surface area contributed by atoms with Gasteiger partial charge >= 0.3 is 0 Å². The minimum atomic E-state index is -0.0736. The highest BCUT2D eigenvalue weighted by Crippen LogP contribution is 2.30. The highest BCUT2D eigenvalue weighted by molar-refractivity contribution is 5.78. The summed E-state index contributed by atoms with van der Waals surface area (Å²) in [5.74, 6) is 0.986. The van der Waals surface area contributed by atoms with Crippen LogP contribution in [0.2, 0.25) is 0 Å². The van der Waals surface area contributed by atoms with E-state index in [4.69, 9.17) is 5.73 Å². The summed E-state index contributed by atoms with van der Waals surface area (Å²) in [5.41, 5.74) is 8.01. The number of anilines is 2. The average Bonchev–Trinajstić information content (AvgIpc) is 3.03. The lowest BCUT2D eigenvalue weighted by Gasteiger charge is -2.23. The fourth-order valence-electron chi connectivity index (χ4n) is 2.99. The standard InChI is InChI=1S/C16H21N7O/c1-10-6-11(2)20-16(19-10)22-14-9-18-8-12(21-14)13-4-3-5-23(13)15(24)7-17/h6,8-9,13H,3-5,7,17H2,1-2H3,(H,19,20,21,22). The van der Waals surface area contributed by atoms with E-state index in [1.165, 1.54) is 0 Å². The first-order chi connectivity index (χ1) is 11.6. The molecule has 0 spiro atoms. The van der Waals surface area contributed by atoms with Crippen molar-refractivity contribution in [2.24, 2.45) is 5.73 Å². The molecule has 1 atom stereocenters. The maximum atomic E-state index is 12.0. The Hall–Kier alpha value is -2.61. The number of carbonyl (C=O) groups is 1. The van der Waals surface area contributed by atoms with Crippen molar-refractivity contribution in [3.8, 4) is 0 Å². The molecule has 1 unspecified atom stereocenters. The van der Waals surface area contributed by atoms with Gasteiger partial charge in [0.15, 0.2) is 5.82 Å². The summed E-state index contributed by atoms with van der Waals surface area (Å²) < 4.78 is 0. The fourth-order valence-corrected chi connectivity index (χ4v) is 2.99. The second-order valence-electron chi connectivity index (χ2n) is 5.88. The summed E-state index contributed by atoms with van der Waals surface area (Å²) >= 11 is 0. The normalized spacial score (nSPS) is 17.1. The van der Waals surface area contributed by atoms with E-state index in [-0.39, 0.29) is 18.5 Å². The molecule has 126 valence electrons. The van der Waals surface area contributed by atoms with E-state index in [9.17, 15) is 4.79 Å². The Morgan fingerprint density at radius 3 is 2.75 bits per heavy atom. The summed E-state index contributed by atoms with van der Waals surface area (Å²) in [5, 5.41) is 3.08. The van der Waals surface area contributed by atoms with Gasteiger partial charge in [-0.15, -0.1) is 0 Å². The predicted molar refractivity (Wildman–Crippen MR) is 89.6 cm³/mol. The molecule has 1 fully saturated rings. The van der Waals surface area contributed by atoms with E-state index in [1.807, 2.05) is 19.9 Å². The van der Waals surface area contributed by atoms with Crippen LogP contribution in [0.4, 0.5) is 11.8 Å². The van der Waals surface area contributed by atoms with Gasteiger partial charge in [0, 0.05) is 17.9 Å². The van der Waals surface area contributed by atoms with Crippen molar-refractivity contribution in [2.75, 3.05) is 18.4 Å². The summed E-state index contributed by atoms with van der Waals surface area (Å²) in [6, 6.07) is 1.83. The molecule has 0 aliphatic carbocycles. The van der Waals surface area contributed by atoms with E-state index >= 15 is 0 Å². The van der Waals surface area contributed by atoms with E-state index < -0.39 is 0 Å². The maximum absolute atomic E-state index is 12.0. The minimum Gasteiger partial charge on any atom is -0.333 e. The zero-order valence-electron chi connectivity index (χ0n) is 13.9. The third-order valence-corrected chi connectivity index (χ3v) is 3.96. The maximum Gasteiger partial charge on any atom is 0.236 e. The number of aromatic nitrogens is 4. The monoisotopic (exact) mass is 327 g/mol. The van der Waals surface area contributed by atoms with Crippen molar-refractivity contribution in [1.82, 2.24) is 24.8 Å². The largest absolute Gasteiger partial charge is 0.333 e. The topological polar surface area (TPSA) is 110 Å². The lowest BCUT2D eigenvalue weighted by molar-refractivity contribution is -0.130. The van der Waals surface area contributed by atoms with Gasteiger partial charge in [-0.25, -0.2) is 15.0 Å². The molecule has 1 aliphatic rings. The lowest BCUT2D eigenvalue weighted by atomic mass is 10.1. The van der Waals surface area contributed by atoms with Gasteiger partial charge in [-0.3, -0.25) is 9.78 Å². The molecule has 0 saturated carbocycles. The number of aryl methyl sites for hydroxylation is 2. The molecule has 24 heavy (non-hydrogen) atoms. The van der Waals surface area contributed by atoms with Crippen molar-refractivity contribution in [2.45, 2.75) is 32.7 Å². The van der Waals surface area contributed by atoms with Crippen molar-refractivity contribution in [3.05, 3.63) is 35.5 Å². The predicted octanol–water partition coefficient (Wildman–Crippen LogP) is 1.25. The van der Waals surface area contributed by atoms with Crippen LogP contribution in [-0.4, -0.2) is 43.8 Å². The third kappa shape index (κ3) is 3.48.